The summed E-state index contributed by atoms with van der Waals surface area (Å²) in [6.45, 7) is 5.26. The molecule has 0 atom stereocenters. The van der Waals surface area contributed by atoms with Crippen LogP contribution in [0.5, 0.6) is 0 Å². The van der Waals surface area contributed by atoms with Gasteiger partial charge in [0.2, 0.25) is 0 Å². The summed E-state index contributed by atoms with van der Waals surface area (Å²) in [5.41, 5.74) is 6.69. The number of nitrogens with two attached hydrogens (primary N) is 1. The third-order valence-corrected chi connectivity index (χ3v) is 2.29. The van der Waals surface area contributed by atoms with Crippen molar-refractivity contribution in [1.82, 2.24) is 9.78 Å². The van der Waals surface area contributed by atoms with Gasteiger partial charge in [0, 0.05) is 19.3 Å². The van der Waals surface area contributed by atoms with Crippen molar-refractivity contribution in [3.8, 4) is 0 Å². The number of allylic oxidation sites excluding steroid dienone is 1. The van der Waals surface area contributed by atoms with E-state index in [9.17, 15) is 0 Å². The molecular formula is C11H19N3. The fourth-order valence-electron chi connectivity index (χ4n) is 1.46. The Labute approximate surface area is 85.6 Å². The maximum atomic E-state index is 5.57. The molecule has 1 rings (SSSR count). The molecular weight excluding hydrogens is 174 g/mol. The largest absolute Gasteiger partial charge is 0.325 e. The molecule has 0 bridgehead atoms. The smallest absolute Gasteiger partial charge is 0.0519 e. The maximum Gasteiger partial charge on any atom is 0.0519 e. The van der Waals surface area contributed by atoms with Crippen LogP contribution in [0, 0.1) is 0 Å². The molecule has 2 N–H and O–H groups in total. The average Bonchev–Trinajstić information content (AvgIpc) is 2.65. The van der Waals surface area contributed by atoms with E-state index in [4.69, 9.17) is 5.73 Å². The van der Waals surface area contributed by atoms with Gasteiger partial charge in [-0.05, 0) is 25.3 Å². The van der Waals surface area contributed by atoms with Crippen LogP contribution < -0.4 is 5.73 Å². The van der Waals surface area contributed by atoms with Gasteiger partial charge in [0.15, 0.2) is 0 Å². The number of aryl methyl sites for hydroxylation is 1. The van der Waals surface area contributed by atoms with E-state index in [2.05, 4.69) is 11.7 Å². The first kappa shape index (κ1) is 11.0. The van der Waals surface area contributed by atoms with E-state index >= 15 is 0 Å². The van der Waals surface area contributed by atoms with Gasteiger partial charge in [-0.15, -0.1) is 6.58 Å². The van der Waals surface area contributed by atoms with Gasteiger partial charge in [0.25, 0.3) is 0 Å². The second kappa shape index (κ2) is 6.38. The van der Waals surface area contributed by atoms with Gasteiger partial charge in [-0.25, -0.2) is 0 Å². The molecule has 14 heavy (non-hydrogen) atoms. The quantitative estimate of drug-likeness (QED) is 0.532. The van der Waals surface area contributed by atoms with Crippen molar-refractivity contribution < 1.29 is 0 Å². The summed E-state index contributed by atoms with van der Waals surface area (Å²) in [6.07, 6.45) is 8.52. The average molecular weight is 193 g/mol. The third kappa shape index (κ3) is 3.34. The van der Waals surface area contributed by atoms with Crippen LogP contribution in [0.15, 0.2) is 24.9 Å². The van der Waals surface area contributed by atoms with Crippen molar-refractivity contribution in [3.05, 3.63) is 30.6 Å². The highest BCUT2D eigenvalue weighted by Crippen LogP contribution is 2.04. The maximum absolute atomic E-state index is 5.57. The minimum absolute atomic E-state index is 0.576. The molecule has 0 spiro atoms. The van der Waals surface area contributed by atoms with Crippen molar-refractivity contribution >= 4 is 0 Å². The summed E-state index contributed by atoms with van der Waals surface area (Å²) >= 11 is 0. The molecule has 0 saturated carbocycles. The summed E-state index contributed by atoms with van der Waals surface area (Å²) in [5, 5.41) is 4.22. The lowest BCUT2D eigenvalue weighted by Crippen LogP contribution is -2.08. The molecule has 0 aliphatic carbocycles. The molecule has 1 aromatic rings. The van der Waals surface area contributed by atoms with E-state index in [1.165, 1.54) is 19.3 Å². The van der Waals surface area contributed by atoms with Gasteiger partial charge in [-0.1, -0.05) is 12.5 Å². The van der Waals surface area contributed by atoms with Crippen molar-refractivity contribution in [3.63, 3.8) is 0 Å². The zero-order chi connectivity index (χ0) is 10.2. The number of unbranched alkanes of at least 4 members (excludes halogenated alkanes) is 3. The van der Waals surface area contributed by atoms with E-state index in [0.29, 0.717) is 6.54 Å². The van der Waals surface area contributed by atoms with Crippen molar-refractivity contribution in [2.45, 2.75) is 38.8 Å². The first-order valence-electron chi connectivity index (χ1n) is 5.20. The molecule has 1 aromatic heterocycles. The number of nitrogens with zero attached hydrogens (tertiary/aromatic N) is 2. The fraction of sp³-hybridized carbons (Fsp3) is 0.545. The Bertz CT molecular complexity index is 265. The monoisotopic (exact) mass is 193 g/mol. The van der Waals surface area contributed by atoms with Crippen LogP contribution in [-0.2, 0) is 13.1 Å². The normalized spacial score (nSPS) is 10.4. The van der Waals surface area contributed by atoms with Crippen LogP contribution in [0.1, 0.15) is 31.4 Å². The standard InChI is InChI=1S/C11H19N3/c1-2-3-4-5-6-9-14-11(10-12)7-8-13-14/h2,7-8H,1,3-6,9-10,12H2. The second-order valence-electron chi connectivity index (χ2n) is 3.39. The Morgan fingerprint density at radius 1 is 1.43 bits per heavy atom. The SMILES string of the molecule is C=CCCCCCn1nccc1CN. The number of hydrogen-bond acceptors (Lipinski definition) is 2. The Kier molecular flexibility index (Phi) is 5.00. The molecule has 0 amide bonds. The van der Waals surface area contributed by atoms with Gasteiger partial charge in [-0.2, -0.15) is 5.10 Å². The van der Waals surface area contributed by atoms with Crippen LogP contribution in [0.3, 0.4) is 0 Å². The van der Waals surface area contributed by atoms with Crippen LogP contribution in [-0.4, -0.2) is 9.78 Å². The summed E-state index contributed by atoms with van der Waals surface area (Å²) in [5.74, 6) is 0. The van der Waals surface area contributed by atoms with E-state index < -0.39 is 0 Å². The first-order valence-corrected chi connectivity index (χ1v) is 5.20. The van der Waals surface area contributed by atoms with Crippen LogP contribution in [0.4, 0.5) is 0 Å². The highest BCUT2D eigenvalue weighted by Gasteiger charge is 1.98. The molecule has 3 nitrogen and oxygen atoms in total. The van der Waals surface area contributed by atoms with E-state index in [1.807, 2.05) is 23.0 Å². The highest BCUT2D eigenvalue weighted by molar-refractivity contribution is 4.99. The summed E-state index contributed by atoms with van der Waals surface area (Å²) in [4.78, 5) is 0. The molecule has 78 valence electrons. The zero-order valence-electron chi connectivity index (χ0n) is 8.65. The molecule has 0 fully saturated rings. The lowest BCUT2D eigenvalue weighted by molar-refractivity contribution is 0.528. The third-order valence-electron chi connectivity index (χ3n) is 2.29. The van der Waals surface area contributed by atoms with Crippen molar-refractivity contribution in [2.24, 2.45) is 5.73 Å². The molecule has 1 heterocycles. The van der Waals surface area contributed by atoms with Gasteiger partial charge in [0.05, 0.1) is 5.69 Å². The Morgan fingerprint density at radius 2 is 2.29 bits per heavy atom. The van der Waals surface area contributed by atoms with Crippen LogP contribution in [0.2, 0.25) is 0 Å². The Hall–Kier alpha value is -1.09. The second-order valence-corrected chi connectivity index (χ2v) is 3.39. The molecule has 0 aromatic carbocycles. The van der Waals surface area contributed by atoms with Crippen molar-refractivity contribution in [2.75, 3.05) is 0 Å². The summed E-state index contributed by atoms with van der Waals surface area (Å²) in [7, 11) is 0. The molecule has 0 aliphatic heterocycles. The molecule has 3 heteroatoms. The van der Waals surface area contributed by atoms with Crippen molar-refractivity contribution in [1.29, 1.82) is 0 Å². The van der Waals surface area contributed by atoms with Gasteiger partial charge >= 0.3 is 0 Å². The number of hydrogen-bond donors (Lipinski definition) is 1. The van der Waals surface area contributed by atoms with Gasteiger partial charge in [-0.3, -0.25) is 4.68 Å². The summed E-state index contributed by atoms with van der Waals surface area (Å²) in [6, 6.07) is 1.98. The lowest BCUT2D eigenvalue weighted by Gasteiger charge is -2.04. The number of rotatable bonds is 7. The first-order chi connectivity index (χ1) is 6.88. The molecule has 0 unspecified atom stereocenters. The predicted octanol–water partition coefficient (Wildman–Crippen LogP) is 2.09. The lowest BCUT2D eigenvalue weighted by atomic mass is 10.2. The molecule has 0 aliphatic rings. The van der Waals surface area contributed by atoms with Gasteiger partial charge in [0.1, 0.15) is 0 Å². The number of aromatic nitrogens is 2. The van der Waals surface area contributed by atoms with Gasteiger partial charge < -0.3 is 5.73 Å². The Balaban J connectivity index is 2.20. The zero-order valence-corrected chi connectivity index (χ0v) is 8.65. The van der Waals surface area contributed by atoms with Crippen LogP contribution in [0.25, 0.3) is 0 Å². The van der Waals surface area contributed by atoms with E-state index in [-0.39, 0.29) is 0 Å². The van der Waals surface area contributed by atoms with E-state index in [0.717, 1.165) is 18.7 Å². The minimum atomic E-state index is 0.576. The van der Waals surface area contributed by atoms with Crippen LogP contribution >= 0.6 is 0 Å². The predicted molar refractivity (Wildman–Crippen MR) is 58.8 cm³/mol. The Morgan fingerprint density at radius 3 is 3.00 bits per heavy atom. The molecule has 0 saturated heterocycles. The fourth-order valence-corrected chi connectivity index (χ4v) is 1.46. The van der Waals surface area contributed by atoms with E-state index in [1.54, 1.807) is 0 Å². The summed E-state index contributed by atoms with van der Waals surface area (Å²) < 4.78 is 1.99. The topological polar surface area (TPSA) is 43.8 Å². The minimum Gasteiger partial charge on any atom is -0.325 e. The highest BCUT2D eigenvalue weighted by atomic mass is 15.3. The molecule has 0 radical (unpaired) electrons.